The number of hydrogen-bond acceptors (Lipinski definition) is 4. The molecule has 0 unspecified atom stereocenters. The molecule has 5 heteroatoms. The second kappa shape index (κ2) is 9.55. The largest absolute Gasteiger partial charge is 0.353 e. The van der Waals surface area contributed by atoms with Gasteiger partial charge in [-0.1, -0.05) is 66.7 Å². The number of anilines is 1. The topological polar surface area (TPSA) is 39.7 Å². The maximum atomic E-state index is 13.1. The average Bonchev–Trinajstić information content (AvgIpc) is 2.81. The molecule has 1 aromatic heterocycles. The summed E-state index contributed by atoms with van der Waals surface area (Å²) in [5.41, 5.74) is 2.39. The minimum absolute atomic E-state index is 0.0474. The first kappa shape index (κ1) is 20.1. The predicted molar refractivity (Wildman–Crippen MR) is 120 cm³/mol. The van der Waals surface area contributed by atoms with Gasteiger partial charge >= 0.3 is 0 Å². The van der Waals surface area contributed by atoms with E-state index in [4.69, 9.17) is 0 Å². The van der Waals surface area contributed by atoms with Gasteiger partial charge in [0.25, 0.3) is 0 Å². The van der Waals surface area contributed by atoms with Gasteiger partial charge in [-0.05, 0) is 30.3 Å². The molecule has 3 aromatic rings. The standard InChI is InChI=1S/C25H28N4O/c1-27(25(21-10-4-2-5-11-21)22-12-6-3-7-13-22)20-24(30)29-18-16-28(17-19-29)23-14-8-9-15-26-23/h2-15,25H,16-20H2,1H3. The third-order valence-corrected chi connectivity index (χ3v) is 5.66. The Hall–Kier alpha value is -3.18. The van der Waals surface area contributed by atoms with Crippen LogP contribution in [0.25, 0.3) is 0 Å². The minimum Gasteiger partial charge on any atom is -0.353 e. The second-order valence-corrected chi connectivity index (χ2v) is 7.69. The van der Waals surface area contributed by atoms with Crippen molar-refractivity contribution in [1.29, 1.82) is 0 Å². The monoisotopic (exact) mass is 400 g/mol. The summed E-state index contributed by atoms with van der Waals surface area (Å²) >= 11 is 0. The lowest BCUT2D eigenvalue weighted by Crippen LogP contribution is -2.51. The van der Waals surface area contributed by atoms with Crippen LogP contribution in [0.2, 0.25) is 0 Å². The summed E-state index contributed by atoms with van der Waals surface area (Å²) in [4.78, 5) is 23.9. The molecule has 1 amide bonds. The lowest BCUT2D eigenvalue weighted by Gasteiger charge is -2.37. The lowest BCUT2D eigenvalue weighted by atomic mass is 9.97. The van der Waals surface area contributed by atoms with Crippen LogP contribution in [0.4, 0.5) is 5.82 Å². The third kappa shape index (κ3) is 4.69. The van der Waals surface area contributed by atoms with E-state index in [0.29, 0.717) is 6.54 Å². The summed E-state index contributed by atoms with van der Waals surface area (Å²) in [7, 11) is 2.03. The summed E-state index contributed by atoms with van der Waals surface area (Å²) in [5, 5.41) is 0. The highest BCUT2D eigenvalue weighted by atomic mass is 16.2. The van der Waals surface area contributed by atoms with Crippen LogP contribution in [-0.4, -0.2) is 60.5 Å². The molecule has 0 bridgehead atoms. The Morgan fingerprint density at radius 2 is 1.43 bits per heavy atom. The zero-order valence-corrected chi connectivity index (χ0v) is 17.4. The second-order valence-electron chi connectivity index (χ2n) is 7.69. The van der Waals surface area contributed by atoms with E-state index in [-0.39, 0.29) is 11.9 Å². The first-order chi connectivity index (χ1) is 14.7. The fraction of sp³-hybridized carbons (Fsp3) is 0.280. The van der Waals surface area contributed by atoms with E-state index < -0.39 is 0 Å². The van der Waals surface area contributed by atoms with Gasteiger partial charge in [0.15, 0.2) is 0 Å². The normalized spacial score (nSPS) is 14.4. The number of aromatic nitrogens is 1. The smallest absolute Gasteiger partial charge is 0.236 e. The Bertz CT molecular complexity index is 886. The zero-order chi connectivity index (χ0) is 20.8. The van der Waals surface area contributed by atoms with Gasteiger partial charge in [-0.2, -0.15) is 0 Å². The molecule has 0 N–H and O–H groups in total. The van der Waals surface area contributed by atoms with Gasteiger partial charge in [-0.3, -0.25) is 9.69 Å². The van der Waals surface area contributed by atoms with Crippen LogP contribution >= 0.6 is 0 Å². The number of likely N-dealkylation sites (N-methyl/N-ethyl adjacent to an activating group) is 1. The number of carbonyl (C=O) groups is 1. The van der Waals surface area contributed by atoms with Crippen LogP contribution in [-0.2, 0) is 4.79 Å². The minimum atomic E-state index is 0.0474. The zero-order valence-electron chi connectivity index (χ0n) is 17.4. The van der Waals surface area contributed by atoms with Gasteiger partial charge < -0.3 is 9.80 Å². The molecule has 2 aromatic carbocycles. The number of nitrogens with zero attached hydrogens (tertiary/aromatic N) is 4. The number of pyridine rings is 1. The predicted octanol–water partition coefficient (Wildman–Crippen LogP) is 3.45. The molecule has 1 saturated heterocycles. The molecule has 0 atom stereocenters. The SMILES string of the molecule is CN(CC(=O)N1CCN(c2ccccn2)CC1)C(c1ccccc1)c1ccccc1. The third-order valence-electron chi connectivity index (χ3n) is 5.66. The van der Waals surface area contributed by atoms with Crippen LogP contribution in [0.15, 0.2) is 85.1 Å². The van der Waals surface area contributed by atoms with Crippen LogP contribution in [0, 0.1) is 0 Å². The molecule has 1 aliphatic rings. The van der Waals surface area contributed by atoms with Gasteiger partial charge in [-0.15, -0.1) is 0 Å². The van der Waals surface area contributed by atoms with Crippen molar-refractivity contribution in [1.82, 2.24) is 14.8 Å². The van der Waals surface area contributed by atoms with Crippen molar-refractivity contribution in [2.75, 3.05) is 44.7 Å². The number of piperazine rings is 1. The summed E-state index contributed by atoms with van der Waals surface area (Å²) in [6, 6.07) is 26.8. The molecular weight excluding hydrogens is 372 g/mol. The number of benzene rings is 2. The molecule has 0 radical (unpaired) electrons. The van der Waals surface area contributed by atoms with E-state index in [1.54, 1.807) is 0 Å². The molecule has 1 fully saturated rings. The summed E-state index contributed by atoms with van der Waals surface area (Å²) < 4.78 is 0. The van der Waals surface area contributed by atoms with Crippen LogP contribution in [0.1, 0.15) is 17.2 Å². The van der Waals surface area contributed by atoms with E-state index in [0.717, 1.165) is 32.0 Å². The number of carbonyl (C=O) groups excluding carboxylic acids is 1. The molecule has 5 nitrogen and oxygen atoms in total. The molecule has 30 heavy (non-hydrogen) atoms. The van der Waals surface area contributed by atoms with E-state index in [1.807, 2.05) is 48.5 Å². The van der Waals surface area contributed by atoms with Crippen molar-refractivity contribution in [2.45, 2.75) is 6.04 Å². The Morgan fingerprint density at radius 3 is 1.97 bits per heavy atom. The summed E-state index contributed by atoms with van der Waals surface area (Å²) in [6.45, 7) is 3.47. The Kier molecular flexibility index (Phi) is 6.40. The van der Waals surface area contributed by atoms with E-state index >= 15 is 0 Å². The van der Waals surface area contributed by atoms with Gasteiger partial charge in [0.05, 0.1) is 12.6 Å². The number of amides is 1. The molecule has 1 aliphatic heterocycles. The van der Waals surface area contributed by atoms with Crippen molar-refractivity contribution >= 4 is 11.7 Å². The van der Waals surface area contributed by atoms with Crippen molar-refractivity contribution in [3.05, 3.63) is 96.2 Å². The molecule has 154 valence electrons. The molecule has 4 rings (SSSR count). The quantitative estimate of drug-likeness (QED) is 0.635. The summed E-state index contributed by atoms with van der Waals surface area (Å²) in [6.07, 6.45) is 1.81. The van der Waals surface area contributed by atoms with Gasteiger partial charge in [0.1, 0.15) is 5.82 Å². The van der Waals surface area contributed by atoms with Crippen molar-refractivity contribution in [3.63, 3.8) is 0 Å². The van der Waals surface area contributed by atoms with Gasteiger partial charge in [0, 0.05) is 32.4 Å². The van der Waals surface area contributed by atoms with Crippen molar-refractivity contribution in [2.24, 2.45) is 0 Å². The van der Waals surface area contributed by atoms with E-state index in [1.165, 1.54) is 11.1 Å². The Labute approximate surface area is 178 Å². The molecule has 0 aliphatic carbocycles. The van der Waals surface area contributed by atoms with E-state index in [9.17, 15) is 4.79 Å². The summed E-state index contributed by atoms with van der Waals surface area (Å²) in [5.74, 6) is 1.16. The molecular formula is C25H28N4O. The van der Waals surface area contributed by atoms with Gasteiger partial charge in [0.2, 0.25) is 5.91 Å². The number of hydrogen-bond donors (Lipinski definition) is 0. The Morgan fingerprint density at radius 1 is 0.867 bits per heavy atom. The molecule has 0 spiro atoms. The average molecular weight is 401 g/mol. The van der Waals surface area contributed by atoms with Crippen LogP contribution < -0.4 is 4.90 Å². The molecule has 0 saturated carbocycles. The van der Waals surface area contributed by atoms with Crippen LogP contribution in [0.5, 0.6) is 0 Å². The first-order valence-corrected chi connectivity index (χ1v) is 10.5. The Balaban J connectivity index is 1.42. The highest BCUT2D eigenvalue weighted by Crippen LogP contribution is 2.27. The first-order valence-electron chi connectivity index (χ1n) is 10.5. The van der Waals surface area contributed by atoms with Crippen molar-refractivity contribution < 1.29 is 4.79 Å². The highest BCUT2D eigenvalue weighted by Gasteiger charge is 2.26. The number of rotatable bonds is 6. The van der Waals surface area contributed by atoms with E-state index in [2.05, 4.69) is 63.3 Å². The fourth-order valence-corrected chi connectivity index (χ4v) is 4.10. The van der Waals surface area contributed by atoms with Crippen LogP contribution in [0.3, 0.4) is 0 Å². The molecule has 2 heterocycles. The maximum Gasteiger partial charge on any atom is 0.236 e. The lowest BCUT2D eigenvalue weighted by molar-refractivity contribution is -0.132. The van der Waals surface area contributed by atoms with Crippen molar-refractivity contribution in [3.8, 4) is 0 Å². The maximum absolute atomic E-state index is 13.1. The highest BCUT2D eigenvalue weighted by molar-refractivity contribution is 5.78. The van der Waals surface area contributed by atoms with Gasteiger partial charge in [-0.25, -0.2) is 4.98 Å². The fourth-order valence-electron chi connectivity index (χ4n) is 4.10.